The summed E-state index contributed by atoms with van der Waals surface area (Å²) < 4.78 is 5.20. The second-order valence-corrected chi connectivity index (χ2v) is 5.63. The Hall–Kier alpha value is -1.81. The molecule has 0 aliphatic carbocycles. The van der Waals surface area contributed by atoms with Crippen molar-refractivity contribution in [1.29, 1.82) is 0 Å². The monoisotopic (exact) mass is 276 g/mol. The van der Waals surface area contributed by atoms with Gasteiger partial charge in [-0.05, 0) is 32.8 Å². The van der Waals surface area contributed by atoms with Crippen LogP contribution in [0.25, 0.3) is 6.08 Å². The lowest BCUT2D eigenvalue weighted by atomic mass is 10.1. The number of carbonyl (C=O) groups excluding carboxylic acids is 1. The van der Waals surface area contributed by atoms with Crippen molar-refractivity contribution in [3.8, 4) is 0 Å². The minimum atomic E-state index is -0.497. The number of benzene rings is 1. The van der Waals surface area contributed by atoms with Crippen molar-refractivity contribution in [3.63, 3.8) is 0 Å². The number of amides is 1. The number of nitrogens with two attached hydrogens (primary N) is 1. The van der Waals surface area contributed by atoms with Crippen molar-refractivity contribution < 1.29 is 9.53 Å². The number of nitrogens with one attached hydrogen (secondary N) is 1. The van der Waals surface area contributed by atoms with Crippen LogP contribution < -0.4 is 11.1 Å². The van der Waals surface area contributed by atoms with Gasteiger partial charge in [-0.25, -0.2) is 4.79 Å². The molecule has 0 heterocycles. The summed E-state index contributed by atoms with van der Waals surface area (Å²) in [7, 11) is 0. The fourth-order valence-corrected chi connectivity index (χ4v) is 1.62. The summed E-state index contributed by atoms with van der Waals surface area (Å²) >= 11 is 0. The van der Waals surface area contributed by atoms with Gasteiger partial charge in [0.25, 0.3) is 0 Å². The van der Waals surface area contributed by atoms with Gasteiger partial charge in [-0.2, -0.15) is 0 Å². The Morgan fingerprint density at radius 2 is 2.00 bits per heavy atom. The summed E-state index contributed by atoms with van der Waals surface area (Å²) in [6.07, 6.45) is 4.26. The van der Waals surface area contributed by atoms with Crippen LogP contribution in [0.5, 0.6) is 0 Å². The number of carbonyl (C=O) groups is 1. The van der Waals surface area contributed by atoms with E-state index in [-0.39, 0.29) is 6.04 Å². The van der Waals surface area contributed by atoms with Crippen LogP contribution >= 0.6 is 0 Å². The first kappa shape index (κ1) is 16.2. The third-order valence-corrected chi connectivity index (χ3v) is 2.54. The highest BCUT2D eigenvalue weighted by molar-refractivity contribution is 5.68. The summed E-state index contributed by atoms with van der Waals surface area (Å²) in [4.78, 5) is 11.6. The van der Waals surface area contributed by atoms with Crippen LogP contribution in [-0.4, -0.2) is 24.3 Å². The van der Waals surface area contributed by atoms with E-state index in [9.17, 15) is 4.79 Å². The van der Waals surface area contributed by atoms with Gasteiger partial charge in [0.1, 0.15) is 5.60 Å². The van der Waals surface area contributed by atoms with Crippen LogP contribution in [0.1, 0.15) is 32.8 Å². The first-order valence-corrected chi connectivity index (χ1v) is 6.82. The highest BCUT2D eigenvalue weighted by Crippen LogP contribution is 2.07. The second-order valence-electron chi connectivity index (χ2n) is 5.63. The first-order valence-electron chi connectivity index (χ1n) is 6.82. The molecule has 0 saturated carbocycles. The smallest absolute Gasteiger partial charge is 0.407 e. The molecule has 0 aromatic heterocycles. The van der Waals surface area contributed by atoms with Crippen molar-refractivity contribution in [1.82, 2.24) is 5.32 Å². The summed E-state index contributed by atoms with van der Waals surface area (Å²) in [5, 5.41) is 2.77. The van der Waals surface area contributed by atoms with Gasteiger partial charge in [-0.15, -0.1) is 0 Å². The van der Waals surface area contributed by atoms with Crippen LogP contribution in [0.2, 0.25) is 0 Å². The van der Waals surface area contributed by atoms with Crippen molar-refractivity contribution in [2.24, 2.45) is 5.73 Å². The van der Waals surface area contributed by atoms with E-state index in [0.29, 0.717) is 13.0 Å². The van der Waals surface area contributed by atoms with E-state index in [1.807, 2.05) is 63.3 Å². The molecule has 3 N–H and O–H groups in total. The Balaban J connectivity index is 2.44. The van der Waals surface area contributed by atoms with Gasteiger partial charge >= 0.3 is 6.09 Å². The zero-order valence-corrected chi connectivity index (χ0v) is 12.4. The molecule has 1 rings (SSSR count). The van der Waals surface area contributed by atoms with Crippen LogP contribution in [0, 0.1) is 0 Å². The van der Waals surface area contributed by atoms with Gasteiger partial charge in [0.05, 0.1) is 0 Å². The van der Waals surface area contributed by atoms with E-state index < -0.39 is 11.7 Å². The predicted octanol–water partition coefficient (Wildman–Crippen LogP) is 2.94. The fourth-order valence-electron chi connectivity index (χ4n) is 1.62. The van der Waals surface area contributed by atoms with Gasteiger partial charge in [-0.3, -0.25) is 0 Å². The lowest BCUT2D eigenvalue weighted by Gasteiger charge is -2.22. The molecule has 4 heteroatoms. The molecular weight excluding hydrogens is 252 g/mol. The molecule has 0 saturated heterocycles. The third-order valence-electron chi connectivity index (χ3n) is 2.54. The van der Waals surface area contributed by atoms with E-state index in [1.165, 1.54) is 0 Å². The van der Waals surface area contributed by atoms with Gasteiger partial charge in [-0.1, -0.05) is 42.5 Å². The van der Waals surface area contributed by atoms with E-state index in [1.54, 1.807) is 0 Å². The van der Waals surface area contributed by atoms with Crippen LogP contribution in [0.15, 0.2) is 36.4 Å². The van der Waals surface area contributed by atoms with Crippen molar-refractivity contribution in [2.75, 3.05) is 6.54 Å². The van der Waals surface area contributed by atoms with Crippen molar-refractivity contribution >= 4 is 12.2 Å². The Bertz CT molecular complexity index is 436. The van der Waals surface area contributed by atoms with Gasteiger partial charge < -0.3 is 15.8 Å². The molecule has 0 radical (unpaired) electrons. The van der Waals surface area contributed by atoms with Crippen molar-refractivity contribution in [3.05, 3.63) is 42.0 Å². The Kier molecular flexibility index (Phi) is 6.25. The summed E-state index contributed by atoms with van der Waals surface area (Å²) in [6, 6.07) is 9.87. The second kappa shape index (κ2) is 7.70. The van der Waals surface area contributed by atoms with Crippen molar-refractivity contribution in [2.45, 2.75) is 38.8 Å². The Labute approximate surface area is 121 Å². The summed E-state index contributed by atoms with van der Waals surface area (Å²) in [5.41, 5.74) is 6.29. The Morgan fingerprint density at radius 3 is 2.55 bits per heavy atom. The maximum Gasteiger partial charge on any atom is 0.407 e. The van der Waals surface area contributed by atoms with Crippen LogP contribution in [0.3, 0.4) is 0 Å². The standard InChI is InChI=1S/C16H24N2O2/c1-16(2,3)20-15(19)18-14(12-17)11-7-10-13-8-5-4-6-9-13/h4-10,14H,11-12,17H2,1-3H3,(H,18,19)/b10-7+. The average Bonchev–Trinajstić information content (AvgIpc) is 2.36. The number of ether oxygens (including phenoxy) is 1. The molecule has 1 unspecified atom stereocenters. The molecule has 1 aromatic carbocycles. The maximum absolute atomic E-state index is 11.6. The van der Waals surface area contributed by atoms with E-state index in [4.69, 9.17) is 10.5 Å². The third kappa shape index (κ3) is 6.95. The molecule has 0 aliphatic heterocycles. The fraction of sp³-hybridized carbons (Fsp3) is 0.438. The maximum atomic E-state index is 11.6. The van der Waals surface area contributed by atoms with Gasteiger partial charge in [0.2, 0.25) is 0 Å². The number of alkyl carbamates (subject to hydrolysis) is 1. The highest BCUT2D eigenvalue weighted by atomic mass is 16.6. The summed E-state index contributed by atoms with van der Waals surface area (Å²) in [6.45, 7) is 5.87. The molecule has 0 fully saturated rings. The van der Waals surface area contributed by atoms with Crippen LogP contribution in [0.4, 0.5) is 4.79 Å². The molecule has 0 aliphatic rings. The zero-order chi connectivity index (χ0) is 15.0. The number of rotatable bonds is 5. The molecular formula is C16H24N2O2. The predicted molar refractivity (Wildman–Crippen MR) is 82.3 cm³/mol. The summed E-state index contributed by atoms with van der Waals surface area (Å²) in [5.74, 6) is 0. The minimum absolute atomic E-state index is 0.121. The van der Waals surface area contributed by atoms with E-state index >= 15 is 0 Å². The zero-order valence-electron chi connectivity index (χ0n) is 12.4. The molecule has 1 aromatic rings. The minimum Gasteiger partial charge on any atom is -0.444 e. The molecule has 110 valence electrons. The lowest BCUT2D eigenvalue weighted by Crippen LogP contribution is -2.42. The highest BCUT2D eigenvalue weighted by Gasteiger charge is 2.18. The first-order chi connectivity index (χ1) is 9.40. The quantitative estimate of drug-likeness (QED) is 0.869. The van der Waals surface area contributed by atoms with E-state index in [2.05, 4.69) is 5.32 Å². The molecule has 1 atom stereocenters. The number of hydrogen-bond donors (Lipinski definition) is 2. The lowest BCUT2D eigenvalue weighted by molar-refractivity contribution is 0.0506. The Morgan fingerprint density at radius 1 is 1.35 bits per heavy atom. The van der Waals surface area contributed by atoms with Gasteiger partial charge in [0, 0.05) is 12.6 Å². The normalized spacial score (nSPS) is 13.2. The topological polar surface area (TPSA) is 64.3 Å². The molecule has 0 bridgehead atoms. The van der Waals surface area contributed by atoms with Gasteiger partial charge in [0.15, 0.2) is 0 Å². The number of hydrogen-bond acceptors (Lipinski definition) is 3. The SMILES string of the molecule is CC(C)(C)OC(=O)NC(CN)C/C=C/c1ccccc1. The van der Waals surface area contributed by atoms with E-state index in [0.717, 1.165) is 5.56 Å². The molecule has 0 spiro atoms. The molecule has 1 amide bonds. The average molecular weight is 276 g/mol. The molecule has 20 heavy (non-hydrogen) atoms. The van der Waals surface area contributed by atoms with Crippen LogP contribution in [-0.2, 0) is 4.74 Å². The largest absolute Gasteiger partial charge is 0.444 e. The molecule has 4 nitrogen and oxygen atoms in total.